The monoisotopic (exact) mass is 287 g/mol. The highest BCUT2D eigenvalue weighted by Gasteiger charge is 2.12. The second-order valence-corrected chi connectivity index (χ2v) is 12.1. The molecule has 0 bridgehead atoms. The summed E-state index contributed by atoms with van der Waals surface area (Å²) < 4.78 is 7.87. The fourth-order valence-electron chi connectivity index (χ4n) is 2.30. The molecule has 0 atom stereocenters. The first-order valence-electron chi connectivity index (χ1n) is 7.03. The average Bonchev–Trinajstić information content (AvgIpc) is 2.99. The molecule has 0 saturated heterocycles. The molecule has 3 aromatic rings. The van der Waals surface area contributed by atoms with Crippen LogP contribution in [0.5, 0.6) is 0 Å². The summed E-state index contributed by atoms with van der Waals surface area (Å²) in [5.41, 5.74) is 2.13. The molecule has 0 aliphatic rings. The van der Waals surface area contributed by atoms with Gasteiger partial charge in [0.2, 0.25) is 0 Å². The molecule has 0 aliphatic heterocycles. The molecule has 1 N–H and O–H groups in total. The molecule has 5 heteroatoms. The van der Waals surface area contributed by atoms with E-state index in [2.05, 4.69) is 40.2 Å². The number of nitrogens with zero attached hydrogens (tertiary/aromatic N) is 2. The summed E-state index contributed by atoms with van der Waals surface area (Å²) in [6.07, 6.45) is 5.91. The van der Waals surface area contributed by atoms with Crippen LogP contribution in [0, 0.1) is 0 Å². The summed E-state index contributed by atoms with van der Waals surface area (Å²) in [7, 11) is -1.02. The Morgan fingerprint density at radius 3 is 2.95 bits per heavy atom. The van der Waals surface area contributed by atoms with Crippen LogP contribution < -0.4 is 0 Å². The van der Waals surface area contributed by atoms with Gasteiger partial charge in [-0.2, -0.15) is 0 Å². The molecule has 0 spiro atoms. The maximum absolute atomic E-state index is 5.80. The lowest BCUT2D eigenvalue weighted by atomic mass is 10.2. The highest BCUT2D eigenvalue weighted by atomic mass is 28.3. The third-order valence-corrected chi connectivity index (χ3v) is 5.24. The van der Waals surface area contributed by atoms with Crippen molar-refractivity contribution in [3.63, 3.8) is 0 Å². The Balaban J connectivity index is 1.76. The van der Waals surface area contributed by atoms with Gasteiger partial charge in [0.25, 0.3) is 0 Å². The summed E-state index contributed by atoms with van der Waals surface area (Å²) >= 11 is 0. The fraction of sp³-hybridized carbons (Fsp3) is 0.400. The molecule has 0 aromatic carbocycles. The molecule has 4 nitrogen and oxygen atoms in total. The molecule has 106 valence electrons. The summed E-state index contributed by atoms with van der Waals surface area (Å²) in [5, 5.41) is 2.30. The first-order chi connectivity index (χ1) is 9.54. The van der Waals surface area contributed by atoms with E-state index < -0.39 is 8.07 Å². The summed E-state index contributed by atoms with van der Waals surface area (Å²) in [4.78, 5) is 7.82. The number of rotatable bonds is 5. The topological polar surface area (TPSA) is 42.8 Å². The quantitative estimate of drug-likeness (QED) is 0.572. The van der Waals surface area contributed by atoms with Crippen molar-refractivity contribution in [1.29, 1.82) is 0 Å². The molecule has 0 unspecified atom stereocenters. The zero-order valence-corrected chi connectivity index (χ0v) is 13.3. The van der Waals surface area contributed by atoms with Gasteiger partial charge in [0.05, 0.1) is 5.52 Å². The zero-order chi connectivity index (χ0) is 14.2. The van der Waals surface area contributed by atoms with E-state index in [1.54, 1.807) is 0 Å². The van der Waals surface area contributed by atoms with Crippen LogP contribution in [0.1, 0.15) is 0 Å². The third kappa shape index (κ3) is 2.64. The zero-order valence-electron chi connectivity index (χ0n) is 12.3. The predicted octanol–water partition coefficient (Wildman–Crippen LogP) is 3.83. The number of pyridine rings is 1. The Bertz CT molecular complexity index is 723. The molecular formula is C15H21N3OSi. The van der Waals surface area contributed by atoms with Gasteiger partial charge >= 0.3 is 0 Å². The molecule has 0 fully saturated rings. The van der Waals surface area contributed by atoms with Crippen molar-refractivity contribution in [2.24, 2.45) is 0 Å². The largest absolute Gasteiger partial charge is 0.361 e. The first-order valence-corrected chi connectivity index (χ1v) is 10.7. The minimum absolute atomic E-state index is 0.577. The highest BCUT2D eigenvalue weighted by molar-refractivity contribution is 6.76. The van der Waals surface area contributed by atoms with Crippen LogP contribution in [0.2, 0.25) is 25.7 Å². The standard InChI is InChI=1S/C15H21N3OSi/c1-20(2,3)9-8-19-11-18-7-5-13-14-12(4-6-16-14)10-17-15(13)18/h4-7,10,16H,8-9,11H2,1-3H3. The number of ether oxygens (including phenoxy) is 1. The highest BCUT2D eigenvalue weighted by Crippen LogP contribution is 2.23. The van der Waals surface area contributed by atoms with Crippen molar-refractivity contribution in [3.8, 4) is 0 Å². The fourth-order valence-corrected chi connectivity index (χ4v) is 3.06. The molecule has 3 aromatic heterocycles. The summed E-state index contributed by atoms with van der Waals surface area (Å²) in [6, 6.07) is 5.34. The van der Waals surface area contributed by atoms with Crippen molar-refractivity contribution >= 4 is 30.0 Å². The third-order valence-electron chi connectivity index (χ3n) is 3.54. The Morgan fingerprint density at radius 2 is 2.15 bits per heavy atom. The molecule has 0 amide bonds. The van der Waals surface area contributed by atoms with E-state index in [1.807, 2.05) is 24.7 Å². The first kappa shape index (κ1) is 13.4. The maximum atomic E-state index is 5.80. The minimum Gasteiger partial charge on any atom is -0.361 e. The van der Waals surface area contributed by atoms with E-state index in [4.69, 9.17) is 4.74 Å². The van der Waals surface area contributed by atoms with Crippen LogP contribution in [0.3, 0.4) is 0 Å². The van der Waals surface area contributed by atoms with E-state index in [0.29, 0.717) is 6.73 Å². The summed E-state index contributed by atoms with van der Waals surface area (Å²) in [6.45, 7) is 8.51. The van der Waals surface area contributed by atoms with Gasteiger partial charge in [-0.15, -0.1) is 0 Å². The van der Waals surface area contributed by atoms with Gasteiger partial charge in [-0.3, -0.25) is 0 Å². The van der Waals surface area contributed by atoms with Gasteiger partial charge in [0, 0.05) is 44.0 Å². The van der Waals surface area contributed by atoms with Gasteiger partial charge < -0.3 is 14.3 Å². The van der Waals surface area contributed by atoms with Crippen LogP contribution in [-0.4, -0.2) is 29.2 Å². The van der Waals surface area contributed by atoms with Crippen LogP contribution >= 0.6 is 0 Å². The van der Waals surface area contributed by atoms with Gasteiger partial charge in [-0.05, 0) is 18.2 Å². The number of aromatic nitrogens is 3. The van der Waals surface area contributed by atoms with Gasteiger partial charge in [0.1, 0.15) is 12.4 Å². The lowest BCUT2D eigenvalue weighted by Crippen LogP contribution is -2.22. The van der Waals surface area contributed by atoms with E-state index in [0.717, 1.165) is 28.5 Å². The minimum atomic E-state index is -1.02. The van der Waals surface area contributed by atoms with Crippen molar-refractivity contribution in [3.05, 3.63) is 30.7 Å². The smallest absolute Gasteiger partial charge is 0.143 e. The van der Waals surface area contributed by atoms with Crippen molar-refractivity contribution in [2.45, 2.75) is 32.4 Å². The lowest BCUT2D eigenvalue weighted by molar-refractivity contribution is 0.0899. The second kappa shape index (κ2) is 5.07. The van der Waals surface area contributed by atoms with Crippen LogP contribution in [0.15, 0.2) is 30.7 Å². The molecule has 0 radical (unpaired) electrons. The number of nitrogens with one attached hydrogen (secondary N) is 1. The maximum Gasteiger partial charge on any atom is 0.143 e. The number of aromatic amines is 1. The van der Waals surface area contributed by atoms with E-state index in [-0.39, 0.29) is 0 Å². The van der Waals surface area contributed by atoms with Gasteiger partial charge in [-0.1, -0.05) is 19.6 Å². The molecule has 3 rings (SSSR count). The normalized spacial score (nSPS) is 12.6. The van der Waals surface area contributed by atoms with Crippen molar-refractivity contribution in [1.82, 2.24) is 14.5 Å². The second-order valence-electron chi connectivity index (χ2n) is 6.44. The molecule has 0 saturated carbocycles. The molecule has 0 aliphatic carbocycles. The van der Waals surface area contributed by atoms with Crippen molar-refractivity contribution < 1.29 is 4.74 Å². The Kier molecular flexibility index (Phi) is 3.39. The Labute approximate surface area is 119 Å². The molecular weight excluding hydrogens is 266 g/mol. The van der Waals surface area contributed by atoms with Gasteiger partial charge in [-0.25, -0.2) is 4.98 Å². The Morgan fingerprint density at radius 1 is 1.30 bits per heavy atom. The van der Waals surface area contributed by atoms with Crippen LogP contribution in [-0.2, 0) is 11.5 Å². The summed E-state index contributed by atoms with van der Waals surface area (Å²) in [5.74, 6) is 0. The van der Waals surface area contributed by atoms with Crippen LogP contribution in [0.25, 0.3) is 21.9 Å². The molecule has 3 heterocycles. The number of fused-ring (bicyclic) bond motifs is 3. The Hall–Kier alpha value is -1.59. The number of H-pyrrole nitrogens is 1. The van der Waals surface area contributed by atoms with E-state index in [1.165, 1.54) is 6.04 Å². The molecule has 20 heavy (non-hydrogen) atoms. The van der Waals surface area contributed by atoms with E-state index >= 15 is 0 Å². The van der Waals surface area contributed by atoms with Crippen molar-refractivity contribution in [2.75, 3.05) is 6.61 Å². The lowest BCUT2D eigenvalue weighted by Gasteiger charge is -2.15. The van der Waals surface area contributed by atoms with Gasteiger partial charge in [0.15, 0.2) is 0 Å². The SMILES string of the molecule is C[Si](C)(C)CCOCn1ccc2c3[nH]ccc3cnc21. The number of hydrogen-bond acceptors (Lipinski definition) is 2. The van der Waals surface area contributed by atoms with E-state index in [9.17, 15) is 0 Å². The predicted molar refractivity (Wildman–Crippen MR) is 85.7 cm³/mol. The average molecular weight is 287 g/mol. The number of hydrogen-bond donors (Lipinski definition) is 1. The van der Waals surface area contributed by atoms with Crippen LogP contribution in [0.4, 0.5) is 0 Å².